The highest BCUT2D eigenvalue weighted by molar-refractivity contribution is 7.17. The molecule has 0 radical (unpaired) electrons. The normalized spacial score (nSPS) is 10.9. The van der Waals surface area contributed by atoms with E-state index >= 15 is 0 Å². The van der Waals surface area contributed by atoms with Gasteiger partial charge in [0.15, 0.2) is 11.5 Å². The lowest BCUT2D eigenvalue weighted by molar-refractivity contribution is -0.121. The molecule has 0 bridgehead atoms. The number of nitrogens with zero attached hydrogens (tertiary/aromatic N) is 2. The third-order valence-corrected chi connectivity index (χ3v) is 6.35. The molecule has 2 aromatic heterocycles. The molecule has 2 aromatic carbocycles. The number of nitrogens with one attached hydrogen (secondary N) is 1. The molecular formula is C24H22ClN3O4S. The lowest BCUT2D eigenvalue weighted by Crippen LogP contribution is -2.33. The summed E-state index contributed by atoms with van der Waals surface area (Å²) in [5.74, 6) is 1.03. The van der Waals surface area contributed by atoms with Crippen LogP contribution in [0.3, 0.4) is 0 Å². The summed E-state index contributed by atoms with van der Waals surface area (Å²) in [5.41, 5.74) is 2.41. The third-order valence-electron chi connectivity index (χ3n) is 5.21. The van der Waals surface area contributed by atoms with E-state index in [9.17, 15) is 9.59 Å². The molecule has 0 aliphatic heterocycles. The predicted molar refractivity (Wildman–Crippen MR) is 131 cm³/mol. The van der Waals surface area contributed by atoms with Crippen molar-refractivity contribution in [1.29, 1.82) is 0 Å². The van der Waals surface area contributed by atoms with Crippen molar-refractivity contribution in [3.05, 3.63) is 75.1 Å². The molecule has 0 aliphatic rings. The maximum absolute atomic E-state index is 13.1. The van der Waals surface area contributed by atoms with Crippen molar-refractivity contribution in [1.82, 2.24) is 14.9 Å². The highest BCUT2D eigenvalue weighted by Crippen LogP contribution is 2.31. The molecule has 0 fully saturated rings. The van der Waals surface area contributed by atoms with E-state index in [0.29, 0.717) is 39.7 Å². The van der Waals surface area contributed by atoms with Gasteiger partial charge in [-0.05, 0) is 41.8 Å². The van der Waals surface area contributed by atoms with Gasteiger partial charge in [0.2, 0.25) is 5.91 Å². The fourth-order valence-corrected chi connectivity index (χ4v) is 4.55. The Labute approximate surface area is 199 Å². The van der Waals surface area contributed by atoms with Crippen LogP contribution in [-0.2, 0) is 17.8 Å². The molecule has 0 atom stereocenters. The summed E-state index contributed by atoms with van der Waals surface area (Å²) in [5, 5.41) is 5.88. The maximum Gasteiger partial charge on any atom is 0.263 e. The number of carbonyl (C=O) groups excluding carboxylic acids is 1. The number of methoxy groups -OCH3 is 2. The van der Waals surface area contributed by atoms with E-state index in [-0.39, 0.29) is 18.0 Å². The number of benzene rings is 2. The van der Waals surface area contributed by atoms with Gasteiger partial charge in [0.05, 0.1) is 25.9 Å². The first-order valence-corrected chi connectivity index (χ1v) is 11.5. The number of aromatic nitrogens is 2. The second-order valence-electron chi connectivity index (χ2n) is 7.30. The summed E-state index contributed by atoms with van der Waals surface area (Å²) < 4.78 is 11.9. The number of hydrogen-bond acceptors (Lipinski definition) is 6. The zero-order valence-electron chi connectivity index (χ0n) is 18.1. The lowest BCUT2D eigenvalue weighted by atomic mass is 10.1. The number of fused-ring (bicyclic) bond motifs is 1. The monoisotopic (exact) mass is 483 g/mol. The molecule has 2 heterocycles. The Balaban J connectivity index is 1.45. The molecule has 0 saturated heterocycles. The van der Waals surface area contributed by atoms with Crippen LogP contribution in [0.1, 0.15) is 5.56 Å². The fourth-order valence-electron chi connectivity index (χ4n) is 3.52. The van der Waals surface area contributed by atoms with Gasteiger partial charge in [-0.15, -0.1) is 11.3 Å². The van der Waals surface area contributed by atoms with Crippen molar-refractivity contribution in [3.8, 4) is 22.6 Å². The Kier molecular flexibility index (Phi) is 6.96. The predicted octanol–water partition coefficient (Wildman–Crippen LogP) is 4.15. The van der Waals surface area contributed by atoms with Crippen LogP contribution < -0.4 is 20.3 Å². The number of thiophene rings is 1. The minimum absolute atomic E-state index is 0.108. The largest absolute Gasteiger partial charge is 0.493 e. The average molecular weight is 484 g/mol. The lowest BCUT2D eigenvalue weighted by Gasteiger charge is -2.10. The van der Waals surface area contributed by atoms with Crippen molar-refractivity contribution in [2.45, 2.75) is 13.0 Å². The Hall–Kier alpha value is -3.36. The number of ether oxygens (including phenoxy) is 2. The standard InChI is InChI=1S/C24H22ClN3O4S/c1-31-19-8-3-15(11-20(19)32-2)9-10-26-21(29)12-28-14-27-23-22(24(28)30)18(13-33-23)16-4-6-17(25)7-5-16/h3-8,11,13-14H,9-10,12H2,1-2H3,(H,26,29). The zero-order valence-corrected chi connectivity index (χ0v) is 19.7. The fraction of sp³-hybridized carbons (Fsp3) is 0.208. The van der Waals surface area contributed by atoms with Crippen LogP contribution in [0.15, 0.2) is 59.0 Å². The van der Waals surface area contributed by atoms with E-state index in [1.165, 1.54) is 22.2 Å². The summed E-state index contributed by atoms with van der Waals surface area (Å²) in [6.45, 7) is 0.316. The third kappa shape index (κ3) is 5.02. The van der Waals surface area contributed by atoms with Crippen molar-refractivity contribution in [2.75, 3.05) is 20.8 Å². The molecule has 1 amide bonds. The van der Waals surface area contributed by atoms with Crippen LogP contribution in [0.4, 0.5) is 0 Å². The number of hydrogen-bond donors (Lipinski definition) is 1. The molecule has 170 valence electrons. The van der Waals surface area contributed by atoms with E-state index < -0.39 is 0 Å². The average Bonchev–Trinajstić information content (AvgIpc) is 3.26. The van der Waals surface area contributed by atoms with Gasteiger partial charge in [0.1, 0.15) is 11.4 Å². The van der Waals surface area contributed by atoms with E-state index in [1.807, 2.05) is 35.7 Å². The topological polar surface area (TPSA) is 82.5 Å². The van der Waals surface area contributed by atoms with Gasteiger partial charge >= 0.3 is 0 Å². The first-order chi connectivity index (χ1) is 16.0. The summed E-state index contributed by atoms with van der Waals surface area (Å²) >= 11 is 7.38. The molecule has 1 N–H and O–H groups in total. The highest BCUT2D eigenvalue weighted by atomic mass is 35.5. The minimum atomic E-state index is -0.262. The van der Waals surface area contributed by atoms with Crippen LogP contribution in [0.5, 0.6) is 11.5 Å². The number of halogens is 1. The molecule has 0 saturated carbocycles. The Morgan fingerprint density at radius 2 is 1.88 bits per heavy atom. The van der Waals surface area contributed by atoms with E-state index in [4.69, 9.17) is 21.1 Å². The SMILES string of the molecule is COc1ccc(CCNC(=O)Cn2cnc3scc(-c4ccc(Cl)cc4)c3c2=O)cc1OC. The second-order valence-corrected chi connectivity index (χ2v) is 8.60. The maximum atomic E-state index is 13.1. The van der Waals surface area contributed by atoms with E-state index in [0.717, 1.165) is 16.7 Å². The van der Waals surface area contributed by atoms with Gasteiger partial charge < -0.3 is 14.8 Å². The molecule has 4 aromatic rings. The molecular weight excluding hydrogens is 462 g/mol. The van der Waals surface area contributed by atoms with Crippen molar-refractivity contribution >= 4 is 39.1 Å². The summed E-state index contributed by atoms with van der Waals surface area (Å²) in [6.07, 6.45) is 2.03. The van der Waals surface area contributed by atoms with Crippen molar-refractivity contribution in [3.63, 3.8) is 0 Å². The number of carbonyl (C=O) groups is 1. The van der Waals surface area contributed by atoms with Gasteiger partial charge in [0.25, 0.3) is 5.56 Å². The molecule has 7 nitrogen and oxygen atoms in total. The van der Waals surface area contributed by atoms with Crippen molar-refractivity contribution < 1.29 is 14.3 Å². The molecule has 33 heavy (non-hydrogen) atoms. The molecule has 0 unspecified atom stereocenters. The Bertz CT molecular complexity index is 1350. The summed E-state index contributed by atoms with van der Waals surface area (Å²) in [7, 11) is 3.16. The van der Waals surface area contributed by atoms with Crippen LogP contribution in [0.25, 0.3) is 21.3 Å². The van der Waals surface area contributed by atoms with Crippen LogP contribution >= 0.6 is 22.9 Å². The van der Waals surface area contributed by atoms with Crippen molar-refractivity contribution in [2.24, 2.45) is 0 Å². The Morgan fingerprint density at radius 1 is 1.12 bits per heavy atom. The van der Waals surface area contributed by atoms with Crippen LogP contribution in [-0.4, -0.2) is 36.2 Å². The molecule has 4 rings (SSSR count). The van der Waals surface area contributed by atoms with E-state index in [1.54, 1.807) is 26.4 Å². The molecule has 9 heteroatoms. The first-order valence-electron chi connectivity index (χ1n) is 10.2. The number of amides is 1. The summed E-state index contributed by atoms with van der Waals surface area (Å²) in [4.78, 5) is 30.6. The van der Waals surface area contributed by atoms with Gasteiger partial charge in [-0.25, -0.2) is 4.98 Å². The van der Waals surface area contributed by atoms with Gasteiger partial charge in [-0.2, -0.15) is 0 Å². The van der Waals surface area contributed by atoms with Gasteiger partial charge in [-0.3, -0.25) is 14.2 Å². The zero-order chi connectivity index (χ0) is 23.4. The van der Waals surface area contributed by atoms with Crippen LogP contribution in [0, 0.1) is 0 Å². The van der Waals surface area contributed by atoms with Gasteiger partial charge in [0, 0.05) is 22.5 Å². The molecule has 0 aliphatic carbocycles. The second kappa shape index (κ2) is 10.1. The minimum Gasteiger partial charge on any atom is -0.493 e. The smallest absolute Gasteiger partial charge is 0.263 e. The van der Waals surface area contributed by atoms with Gasteiger partial charge in [-0.1, -0.05) is 29.8 Å². The number of rotatable bonds is 8. The van der Waals surface area contributed by atoms with E-state index in [2.05, 4.69) is 10.3 Å². The quantitative estimate of drug-likeness (QED) is 0.407. The highest BCUT2D eigenvalue weighted by Gasteiger charge is 2.15. The van der Waals surface area contributed by atoms with Crippen LogP contribution in [0.2, 0.25) is 5.02 Å². The Morgan fingerprint density at radius 3 is 2.61 bits per heavy atom. The summed E-state index contributed by atoms with van der Waals surface area (Å²) in [6, 6.07) is 12.9. The first kappa shape index (κ1) is 22.8. The molecule has 0 spiro atoms.